The summed E-state index contributed by atoms with van der Waals surface area (Å²) in [6.45, 7) is 3.26. The van der Waals surface area contributed by atoms with Gasteiger partial charge < -0.3 is 19.3 Å². The van der Waals surface area contributed by atoms with E-state index in [-0.39, 0.29) is 11.5 Å². The van der Waals surface area contributed by atoms with Crippen molar-refractivity contribution in [2.45, 2.75) is 37.4 Å². The molecular formula is C19H22N2O4. The highest BCUT2D eigenvalue weighted by atomic mass is 16.5. The monoisotopic (exact) mass is 342 g/mol. The van der Waals surface area contributed by atoms with Gasteiger partial charge in [-0.15, -0.1) is 0 Å². The van der Waals surface area contributed by atoms with E-state index in [4.69, 9.17) is 9.26 Å². The number of ether oxygens (including phenoxy) is 1. The molecule has 2 aliphatic heterocycles. The molecule has 1 aromatic carbocycles. The molecule has 6 nitrogen and oxygen atoms in total. The van der Waals surface area contributed by atoms with Gasteiger partial charge in [-0.05, 0) is 13.3 Å². The molecule has 1 unspecified atom stereocenters. The predicted molar refractivity (Wildman–Crippen MR) is 90.8 cm³/mol. The van der Waals surface area contributed by atoms with Crippen LogP contribution in [0.25, 0.3) is 11.3 Å². The number of amides is 1. The number of carbonyl (C=O) groups is 1. The summed E-state index contributed by atoms with van der Waals surface area (Å²) in [6.07, 6.45) is 3.21. The predicted octanol–water partition coefficient (Wildman–Crippen LogP) is 2.03. The molecule has 0 saturated carbocycles. The highest BCUT2D eigenvalue weighted by molar-refractivity contribution is 5.78. The fourth-order valence-electron chi connectivity index (χ4n) is 3.80. The van der Waals surface area contributed by atoms with E-state index in [1.54, 1.807) is 18.1 Å². The molecule has 2 saturated heterocycles. The number of aromatic nitrogens is 1. The van der Waals surface area contributed by atoms with Crippen molar-refractivity contribution >= 4 is 5.91 Å². The molecule has 0 aliphatic carbocycles. The van der Waals surface area contributed by atoms with Gasteiger partial charge in [-0.25, -0.2) is 0 Å². The van der Waals surface area contributed by atoms with Crippen LogP contribution < -0.4 is 0 Å². The second-order valence-electron chi connectivity index (χ2n) is 7.45. The summed E-state index contributed by atoms with van der Waals surface area (Å²) in [5.74, 6) is 0.0981. The van der Waals surface area contributed by atoms with E-state index in [1.165, 1.54) is 0 Å². The number of aliphatic hydroxyl groups is 1. The van der Waals surface area contributed by atoms with Crippen LogP contribution in [0.1, 0.15) is 25.3 Å². The molecule has 3 heterocycles. The van der Waals surface area contributed by atoms with Crippen LogP contribution in [0.5, 0.6) is 0 Å². The Morgan fingerprint density at radius 2 is 2.08 bits per heavy atom. The minimum Gasteiger partial charge on any atom is -0.388 e. The lowest BCUT2D eigenvalue weighted by Crippen LogP contribution is -2.63. The third-order valence-corrected chi connectivity index (χ3v) is 5.00. The van der Waals surface area contributed by atoms with Crippen LogP contribution in [-0.2, 0) is 16.0 Å². The maximum Gasteiger partial charge on any atom is 0.223 e. The van der Waals surface area contributed by atoms with Crippen molar-refractivity contribution < 1.29 is 19.2 Å². The van der Waals surface area contributed by atoms with Gasteiger partial charge in [0.15, 0.2) is 0 Å². The van der Waals surface area contributed by atoms with Crippen LogP contribution in [0.4, 0.5) is 0 Å². The van der Waals surface area contributed by atoms with Crippen molar-refractivity contribution in [3.05, 3.63) is 42.2 Å². The Bertz CT molecular complexity index is 763. The maximum absolute atomic E-state index is 12.4. The van der Waals surface area contributed by atoms with Crippen LogP contribution >= 0.6 is 0 Å². The largest absolute Gasteiger partial charge is 0.388 e. The van der Waals surface area contributed by atoms with Gasteiger partial charge in [-0.1, -0.05) is 35.5 Å². The fraction of sp³-hybridized carbons (Fsp3) is 0.474. The van der Waals surface area contributed by atoms with Gasteiger partial charge in [0.25, 0.3) is 0 Å². The molecule has 0 radical (unpaired) electrons. The highest BCUT2D eigenvalue weighted by Crippen LogP contribution is 2.40. The fourth-order valence-corrected chi connectivity index (χ4v) is 3.80. The molecule has 25 heavy (non-hydrogen) atoms. The quantitative estimate of drug-likeness (QED) is 0.920. The van der Waals surface area contributed by atoms with Gasteiger partial charge >= 0.3 is 0 Å². The summed E-state index contributed by atoms with van der Waals surface area (Å²) in [5.41, 5.74) is 1.61. The standard InChI is InChI=1S/C19H22N2O4/c1-18(23)10-19(24-13-18)11-21(12-19)16(22)8-7-15-9-25-20-17(15)14-5-3-2-4-6-14/h2-6,9,23H,7-8,10-13H2,1H3. The molecule has 2 aromatic rings. The summed E-state index contributed by atoms with van der Waals surface area (Å²) in [4.78, 5) is 14.2. The van der Waals surface area contributed by atoms with E-state index in [0.717, 1.165) is 16.8 Å². The molecular weight excluding hydrogens is 320 g/mol. The zero-order valence-electron chi connectivity index (χ0n) is 14.3. The molecule has 1 N–H and O–H groups in total. The normalized spacial score (nSPS) is 24.5. The van der Waals surface area contributed by atoms with Crippen molar-refractivity contribution in [1.29, 1.82) is 0 Å². The Balaban J connectivity index is 1.33. The van der Waals surface area contributed by atoms with Crippen molar-refractivity contribution in [2.75, 3.05) is 19.7 Å². The molecule has 6 heteroatoms. The number of hydrogen-bond donors (Lipinski definition) is 1. The van der Waals surface area contributed by atoms with Gasteiger partial charge in [0, 0.05) is 24.0 Å². The average molecular weight is 342 g/mol. The first-order valence-corrected chi connectivity index (χ1v) is 8.59. The maximum atomic E-state index is 12.4. The lowest BCUT2D eigenvalue weighted by molar-refractivity contribution is -0.157. The number of aryl methyl sites for hydroxylation is 1. The second kappa shape index (κ2) is 5.97. The number of benzene rings is 1. The molecule has 132 valence electrons. The molecule has 1 amide bonds. The van der Waals surface area contributed by atoms with Crippen molar-refractivity contribution in [3.63, 3.8) is 0 Å². The van der Waals surface area contributed by atoms with E-state index in [0.29, 0.717) is 39.0 Å². The van der Waals surface area contributed by atoms with E-state index in [9.17, 15) is 9.90 Å². The summed E-state index contributed by atoms with van der Waals surface area (Å²) in [7, 11) is 0. The Labute approximate surface area is 146 Å². The Morgan fingerprint density at radius 1 is 1.32 bits per heavy atom. The average Bonchev–Trinajstić information content (AvgIpc) is 3.16. The third-order valence-electron chi connectivity index (χ3n) is 5.00. The molecule has 2 fully saturated rings. The summed E-state index contributed by atoms with van der Waals surface area (Å²) >= 11 is 0. The van der Waals surface area contributed by atoms with Gasteiger partial charge in [0.2, 0.25) is 5.91 Å². The smallest absolute Gasteiger partial charge is 0.223 e. The minimum atomic E-state index is -0.776. The van der Waals surface area contributed by atoms with Crippen molar-refractivity contribution in [1.82, 2.24) is 10.1 Å². The van der Waals surface area contributed by atoms with E-state index < -0.39 is 5.60 Å². The van der Waals surface area contributed by atoms with Gasteiger partial charge in [-0.2, -0.15) is 0 Å². The van der Waals surface area contributed by atoms with Gasteiger partial charge in [0.1, 0.15) is 17.6 Å². The molecule has 1 spiro atoms. The minimum absolute atomic E-state index is 0.0981. The summed E-state index contributed by atoms with van der Waals surface area (Å²) in [6, 6.07) is 9.82. The third kappa shape index (κ3) is 3.19. The van der Waals surface area contributed by atoms with E-state index in [1.807, 2.05) is 30.3 Å². The highest BCUT2D eigenvalue weighted by Gasteiger charge is 2.54. The topological polar surface area (TPSA) is 75.8 Å². The Morgan fingerprint density at radius 3 is 2.76 bits per heavy atom. The zero-order chi connectivity index (χ0) is 17.5. The van der Waals surface area contributed by atoms with Crippen molar-refractivity contribution in [2.24, 2.45) is 0 Å². The van der Waals surface area contributed by atoms with Crippen molar-refractivity contribution in [3.8, 4) is 11.3 Å². The lowest BCUT2D eigenvalue weighted by Gasteiger charge is -2.47. The van der Waals surface area contributed by atoms with Crippen LogP contribution in [0.15, 0.2) is 41.1 Å². The second-order valence-corrected chi connectivity index (χ2v) is 7.45. The molecule has 1 aromatic heterocycles. The SMILES string of the molecule is CC1(O)COC2(CN(C(=O)CCc3conc3-c3ccccc3)C2)C1. The van der Waals surface area contributed by atoms with E-state index in [2.05, 4.69) is 5.16 Å². The van der Waals surface area contributed by atoms with Crippen LogP contribution in [0.3, 0.4) is 0 Å². The first kappa shape index (κ1) is 16.3. The zero-order valence-corrected chi connectivity index (χ0v) is 14.3. The number of rotatable bonds is 4. The van der Waals surface area contributed by atoms with Crippen LogP contribution in [0, 0.1) is 0 Å². The Hall–Kier alpha value is -2.18. The first-order valence-electron chi connectivity index (χ1n) is 8.59. The molecule has 4 rings (SSSR count). The number of nitrogens with zero attached hydrogens (tertiary/aromatic N) is 2. The summed E-state index contributed by atoms with van der Waals surface area (Å²) < 4.78 is 10.8. The number of hydrogen-bond acceptors (Lipinski definition) is 5. The summed E-state index contributed by atoms with van der Waals surface area (Å²) in [5, 5.41) is 14.1. The van der Waals surface area contributed by atoms with E-state index >= 15 is 0 Å². The van der Waals surface area contributed by atoms with Crippen LogP contribution in [-0.4, -0.2) is 52.0 Å². The van der Waals surface area contributed by atoms with Gasteiger partial charge in [-0.3, -0.25) is 4.79 Å². The molecule has 1 atom stereocenters. The molecule has 0 bridgehead atoms. The molecule has 2 aliphatic rings. The first-order chi connectivity index (χ1) is 12.0. The number of likely N-dealkylation sites (tertiary alicyclic amines) is 1. The van der Waals surface area contributed by atoms with Gasteiger partial charge in [0.05, 0.1) is 25.3 Å². The Kier molecular flexibility index (Phi) is 3.89. The number of carbonyl (C=O) groups excluding carboxylic acids is 1. The van der Waals surface area contributed by atoms with Crippen LogP contribution in [0.2, 0.25) is 0 Å². The lowest BCUT2D eigenvalue weighted by atomic mass is 9.85.